The fraction of sp³-hybridized carbons (Fsp3) is 0.462. The van der Waals surface area contributed by atoms with Crippen molar-refractivity contribution in [2.45, 2.75) is 27.2 Å². The van der Waals surface area contributed by atoms with Gasteiger partial charge in [-0.3, -0.25) is 4.79 Å². The van der Waals surface area contributed by atoms with Crippen LogP contribution in [0.2, 0.25) is 0 Å². The second-order valence-electron chi connectivity index (χ2n) is 4.15. The quantitative estimate of drug-likeness (QED) is 0.678. The highest BCUT2D eigenvalue weighted by atomic mass is 16.2. The monoisotopic (exact) mass is 205 g/mol. The number of rotatable bonds is 2. The third-order valence-corrected chi connectivity index (χ3v) is 2.52. The zero-order valence-corrected chi connectivity index (χ0v) is 9.95. The Balaban J connectivity index is 2.88. The molecule has 0 aromatic carbocycles. The maximum atomic E-state index is 11.8. The lowest BCUT2D eigenvalue weighted by Crippen LogP contribution is -2.30. The van der Waals surface area contributed by atoms with Crippen LogP contribution in [0.3, 0.4) is 0 Å². The largest absolute Gasteiger partial charge is 0.315 e. The van der Waals surface area contributed by atoms with Gasteiger partial charge in [0.05, 0.1) is 0 Å². The fourth-order valence-electron chi connectivity index (χ4n) is 1.62. The van der Waals surface area contributed by atoms with E-state index in [2.05, 4.69) is 12.2 Å². The van der Waals surface area contributed by atoms with Crippen molar-refractivity contribution in [2.75, 3.05) is 7.05 Å². The van der Waals surface area contributed by atoms with Crippen molar-refractivity contribution in [3.05, 3.63) is 35.6 Å². The van der Waals surface area contributed by atoms with Crippen molar-refractivity contribution in [3.8, 4) is 0 Å². The number of nitrogens with zero attached hydrogens (tertiary/aromatic N) is 1. The highest BCUT2D eigenvalue weighted by Gasteiger charge is 2.17. The van der Waals surface area contributed by atoms with Crippen LogP contribution >= 0.6 is 0 Å². The Bertz CT molecular complexity index is 334. The predicted molar refractivity (Wildman–Crippen MR) is 63.2 cm³/mol. The minimum absolute atomic E-state index is 0.0416. The summed E-state index contributed by atoms with van der Waals surface area (Å²) in [6, 6.07) is 0. The number of likely N-dealkylation sites (N-methyl/N-ethyl adjacent to an activating group) is 1. The van der Waals surface area contributed by atoms with Crippen molar-refractivity contribution >= 4 is 5.91 Å². The molecule has 0 aromatic heterocycles. The summed E-state index contributed by atoms with van der Waals surface area (Å²) in [5, 5.41) is 0. The maximum absolute atomic E-state index is 11.8. The summed E-state index contributed by atoms with van der Waals surface area (Å²) in [6.45, 7) is 5.88. The number of hydrogen-bond donors (Lipinski definition) is 0. The molecule has 82 valence electrons. The van der Waals surface area contributed by atoms with Gasteiger partial charge in [-0.15, -0.1) is 0 Å². The third-order valence-electron chi connectivity index (χ3n) is 2.52. The highest BCUT2D eigenvalue weighted by molar-refractivity contribution is 5.80. The van der Waals surface area contributed by atoms with Crippen LogP contribution in [0.1, 0.15) is 27.2 Å². The van der Waals surface area contributed by atoms with Crippen LogP contribution in [-0.2, 0) is 4.79 Å². The Kier molecular flexibility index (Phi) is 3.89. The number of allylic oxidation sites excluding steroid dienone is 5. The highest BCUT2D eigenvalue weighted by Crippen LogP contribution is 2.19. The molecule has 0 spiro atoms. The lowest BCUT2D eigenvalue weighted by Gasteiger charge is -2.23. The summed E-state index contributed by atoms with van der Waals surface area (Å²) < 4.78 is 0. The van der Waals surface area contributed by atoms with Gasteiger partial charge < -0.3 is 4.90 Å². The minimum atomic E-state index is 0.0416. The summed E-state index contributed by atoms with van der Waals surface area (Å²) in [7, 11) is 1.84. The van der Waals surface area contributed by atoms with E-state index < -0.39 is 0 Å². The zero-order valence-electron chi connectivity index (χ0n) is 9.95. The molecule has 0 N–H and O–H groups in total. The van der Waals surface area contributed by atoms with Crippen LogP contribution < -0.4 is 0 Å². The minimum Gasteiger partial charge on any atom is -0.315 e. The van der Waals surface area contributed by atoms with Crippen molar-refractivity contribution in [2.24, 2.45) is 5.92 Å². The molecule has 0 atom stereocenters. The lowest BCUT2D eigenvalue weighted by atomic mass is 10.1. The topological polar surface area (TPSA) is 20.3 Å². The van der Waals surface area contributed by atoms with E-state index in [1.54, 1.807) is 4.90 Å². The first-order chi connectivity index (χ1) is 7.04. The van der Waals surface area contributed by atoms with Gasteiger partial charge in [-0.2, -0.15) is 0 Å². The lowest BCUT2D eigenvalue weighted by molar-refractivity contribution is -0.131. The van der Waals surface area contributed by atoms with Crippen LogP contribution in [-0.4, -0.2) is 17.9 Å². The molecule has 0 saturated heterocycles. The average Bonchev–Trinajstić information content (AvgIpc) is 2.40. The van der Waals surface area contributed by atoms with Gasteiger partial charge in [0.2, 0.25) is 5.91 Å². The maximum Gasteiger partial charge on any atom is 0.229 e. The smallest absolute Gasteiger partial charge is 0.229 e. The molecule has 15 heavy (non-hydrogen) atoms. The summed E-state index contributed by atoms with van der Waals surface area (Å²) in [4.78, 5) is 13.6. The molecule has 0 heterocycles. The number of carbonyl (C=O) groups is 1. The van der Waals surface area contributed by atoms with E-state index in [1.807, 2.05) is 40.0 Å². The normalized spacial score (nSPS) is 15.8. The first-order valence-electron chi connectivity index (χ1n) is 5.35. The SMILES string of the molecule is CC1=CC=CCC=C1N(C)C(=O)C(C)C. The Labute approximate surface area is 92.0 Å². The standard InChI is InChI=1S/C13H19NO/c1-10(2)13(15)14(4)12-9-7-5-6-8-11(12)3/h5-6,8-10H,7H2,1-4H3. The Morgan fingerprint density at radius 3 is 2.73 bits per heavy atom. The Morgan fingerprint density at radius 2 is 2.13 bits per heavy atom. The van der Waals surface area contributed by atoms with Crippen LogP contribution in [0.5, 0.6) is 0 Å². The van der Waals surface area contributed by atoms with Gasteiger partial charge >= 0.3 is 0 Å². The molecule has 0 aliphatic heterocycles. The molecule has 2 heteroatoms. The van der Waals surface area contributed by atoms with Crippen LogP contribution in [0.15, 0.2) is 35.6 Å². The number of amides is 1. The van der Waals surface area contributed by atoms with Gasteiger partial charge in [-0.1, -0.05) is 38.2 Å². The molecular weight excluding hydrogens is 186 g/mol. The fourth-order valence-corrected chi connectivity index (χ4v) is 1.62. The number of hydrogen-bond acceptors (Lipinski definition) is 1. The first-order valence-corrected chi connectivity index (χ1v) is 5.35. The average molecular weight is 205 g/mol. The van der Waals surface area contributed by atoms with Crippen molar-refractivity contribution in [3.63, 3.8) is 0 Å². The molecular formula is C13H19NO. The van der Waals surface area contributed by atoms with E-state index in [1.165, 1.54) is 0 Å². The van der Waals surface area contributed by atoms with Gasteiger partial charge in [0.1, 0.15) is 0 Å². The summed E-state index contributed by atoms with van der Waals surface area (Å²) in [5.41, 5.74) is 2.17. The van der Waals surface area contributed by atoms with Crippen LogP contribution in [0.25, 0.3) is 0 Å². The molecule has 0 bridgehead atoms. The molecule has 2 nitrogen and oxygen atoms in total. The molecule has 1 amide bonds. The van der Waals surface area contributed by atoms with E-state index in [-0.39, 0.29) is 11.8 Å². The molecule has 0 fully saturated rings. The van der Waals surface area contributed by atoms with Crippen molar-refractivity contribution in [1.29, 1.82) is 0 Å². The van der Waals surface area contributed by atoms with Crippen molar-refractivity contribution in [1.82, 2.24) is 4.90 Å². The van der Waals surface area contributed by atoms with Gasteiger partial charge in [0, 0.05) is 18.7 Å². The Hall–Kier alpha value is -1.31. The predicted octanol–water partition coefficient (Wildman–Crippen LogP) is 2.89. The molecule has 0 radical (unpaired) electrons. The van der Waals surface area contributed by atoms with E-state index in [0.717, 1.165) is 17.7 Å². The van der Waals surface area contributed by atoms with E-state index in [4.69, 9.17) is 0 Å². The number of carbonyl (C=O) groups excluding carboxylic acids is 1. The van der Waals surface area contributed by atoms with E-state index >= 15 is 0 Å². The summed E-state index contributed by atoms with van der Waals surface area (Å²) in [6.07, 6.45) is 9.15. The van der Waals surface area contributed by atoms with Gasteiger partial charge in [0.25, 0.3) is 0 Å². The Morgan fingerprint density at radius 1 is 1.47 bits per heavy atom. The molecule has 1 aliphatic rings. The van der Waals surface area contributed by atoms with Crippen LogP contribution in [0, 0.1) is 5.92 Å². The molecule has 0 aromatic rings. The summed E-state index contributed by atoms with van der Waals surface area (Å²) >= 11 is 0. The third kappa shape index (κ3) is 2.82. The molecule has 0 saturated carbocycles. The summed E-state index contributed by atoms with van der Waals surface area (Å²) in [5.74, 6) is 0.204. The van der Waals surface area contributed by atoms with Gasteiger partial charge in [0.15, 0.2) is 0 Å². The van der Waals surface area contributed by atoms with E-state index in [0.29, 0.717) is 0 Å². The van der Waals surface area contributed by atoms with Gasteiger partial charge in [-0.05, 0) is 18.9 Å². The second-order valence-corrected chi connectivity index (χ2v) is 4.15. The van der Waals surface area contributed by atoms with Crippen molar-refractivity contribution < 1.29 is 4.79 Å². The van der Waals surface area contributed by atoms with E-state index in [9.17, 15) is 4.79 Å². The second kappa shape index (κ2) is 4.96. The molecule has 1 rings (SSSR count). The zero-order chi connectivity index (χ0) is 11.4. The molecule has 0 unspecified atom stereocenters. The van der Waals surface area contributed by atoms with Gasteiger partial charge in [-0.25, -0.2) is 0 Å². The van der Waals surface area contributed by atoms with Crippen LogP contribution in [0.4, 0.5) is 0 Å². The first kappa shape index (κ1) is 11.8. The molecule has 1 aliphatic carbocycles.